The molecule has 0 aliphatic rings. The summed E-state index contributed by atoms with van der Waals surface area (Å²) in [4.78, 5) is 14.8. The van der Waals surface area contributed by atoms with Crippen LogP contribution in [-0.4, -0.2) is 18.1 Å². The summed E-state index contributed by atoms with van der Waals surface area (Å²) in [5.41, 5.74) is 0.644. The van der Waals surface area contributed by atoms with Crippen molar-refractivity contribution in [3.63, 3.8) is 0 Å². The van der Waals surface area contributed by atoms with Gasteiger partial charge in [0.15, 0.2) is 5.38 Å². The molecule has 0 saturated heterocycles. The minimum atomic E-state index is -0.760. The van der Waals surface area contributed by atoms with Gasteiger partial charge in [-0.05, 0) is 11.6 Å². The number of hydrogen-bond acceptors (Lipinski definition) is 3. The lowest BCUT2D eigenvalue weighted by molar-refractivity contribution is -0.140. The molecule has 0 aromatic carbocycles. The molecular weight excluding hydrogens is 178 g/mol. The minimum absolute atomic E-state index is 0.468. The quantitative estimate of drug-likeness (QED) is 0.518. The van der Waals surface area contributed by atoms with Crippen molar-refractivity contribution >= 4 is 17.6 Å². The highest BCUT2D eigenvalue weighted by Gasteiger charge is 2.17. The molecule has 0 unspecified atom stereocenters. The first-order valence-electron chi connectivity index (χ1n) is 3.37. The van der Waals surface area contributed by atoms with Gasteiger partial charge in [0.05, 0.1) is 7.11 Å². The Kier molecular flexibility index (Phi) is 3.05. The van der Waals surface area contributed by atoms with Gasteiger partial charge in [-0.3, -0.25) is 9.78 Å². The maximum absolute atomic E-state index is 10.9. The number of nitrogens with zero attached hydrogens (tertiary/aromatic N) is 1. The number of esters is 1. The van der Waals surface area contributed by atoms with Gasteiger partial charge in [-0.15, -0.1) is 11.6 Å². The van der Waals surface area contributed by atoms with Gasteiger partial charge in [-0.1, -0.05) is 6.07 Å². The number of alkyl halides is 1. The molecule has 0 bridgehead atoms. The van der Waals surface area contributed by atoms with E-state index in [1.54, 1.807) is 18.3 Å². The number of ether oxygens (including phenoxy) is 1. The van der Waals surface area contributed by atoms with E-state index in [0.29, 0.717) is 5.56 Å². The summed E-state index contributed by atoms with van der Waals surface area (Å²) in [5, 5.41) is -0.760. The van der Waals surface area contributed by atoms with E-state index < -0.39 is 11.3 Å². The molecule has 12 heavy (non-hydrogen) atoms. The van der Waals surface area contributed by atoms with E-state index in [2.05, 4.69) is 9.72 Å². The zero-order valence-corrected chi connectivity index (χ0v) is 7.28. The topological polar surface area (TPSA) is 39.2 Å². The Morgan fingerprint density at radius 1 is 1.75 bits per heavy atom. The summed E-state index contributed by atoms with van der Waals surface area (Å²) in [5.74, 6) is -0.468. The number of hydrogen-bond donors (Lipinski definition) is 0. The Morgan fingerprint density at radius 2 is 2.50 bits per heavy atom. The van der Waals surface area contributed by atoms with Gasteiger partial charge in [0.1, 0.15) is 0 Å². The second-order valence-corrected chi connectivity index (χ2v) is 2.61. The molecule has 0 saturated carbocycles. The number of pyridine rings is 1. The second kappa shape index (κ2) is 4.07. The first-order chi connectivity index (χ1) is 5.75. The van der Waals surface area contributed by atoms with Gasteiger partial charge in [-0.25, -0.2) is 0 Å². The molecule has 3 nitrogen and oxygen atoms in total. The molecule has 1 atom stereocenters. The van der Waals surface area contributed by atoms with Crippen LogP contribution in [0.4, 0.5) is 0 Å². The Balaban J connectivity index is 2.78. The molecule has 4 heteroatoms. The van der Waals surface area contributed by atoms with Gasteiger partial charge in [0.25, 0.3) is 0 Å². The van der Waals surface area contributed by atoms with Crippen molar-refractivity contribution in [3.8, 4) is 0 Å². The van der Waals surface area contributed by atoms with Gasteiger partial charge >= 0.3 is 5.97 Å². The third-order valence-electron chi connectivity index (χ3n) is 1.39. The third kappa shape index (κ3) is 1.95. The van der Waals surface area contributed by atoms with Crippen LogP contribution in [0.3, 0.4) is 0 Å². The first-order valence-corrected chi connectivity index (χ1v) is 3.81. The Morgan fingerprint density at radius 3 is 3.00 bits per heavy atom. The fraction of sp³-hybridized carbons (Fsp3) is 0.250. The lowest BCUT2D eigenvalue weighted by atomic mass is 10.2. The van der Waals surface area contributed by atoms with Crippen LogP contribution in [0.15, 0.2) is 24.5 Å². The van der Waals surface area contributed by atoms with Gasteiger partial charge in [0, 0.05) is 12.4 Å². The predicted octanol–water partition coefficient (Wildman–Crippen LogP) is 1.53. The molecule has 1 aromatic heterocycles. The van der Waals surface area contributed by atoms with Gasteiger partial charge < -0.3 is 4.74 Å². The van der Waals surface area contributed by atoms with Gasteiger partial charge in [-0.2, -0.15) is 0 Å². The van der Waals surface area contributed by atoms with E-state index in [0.717, 1.165) is 0 Å². The summed E-state index contributed by atoms with van der Waals surface area (Å²) in [7, 11) is 1.30. The Bertz CT molecular complexity index is 263. The van der Waals surface area contributed by atoms with E-state index in [4.69, 9.17) is 11.6 Å². The van der Waals surface area contributed by atoms with Crippen LogP contribution in [0, 0.1) is 0 Å². The molecule has 0 aliphatic heterocycles. The van der Waals surface area contributed by atoms with Crippen molar-refractivity contribution in [2.24, 2.45) is 0 Å². The largest absolute Gasteiger partial charge is 0.468 e. The SMILES string of the molecule is COC(=O)[C@@H](Cl)c1cccnc1. The lowest BCUT2D eigenvalue weighted by Crippen LogP contribution is -2.08. The summed E-state index contributed by atoms with van der Waals surface area (Å²) >= 11 is 5.74. The highest BCUT2D eigenvalue weighted by Crippen LogP contribution is 2.19. The van der Waals surface area contributed by atoms with Crippen LogP contribution >= 0.6 is 11.6 Å². The van der Waals surface area contributed by atoms with Crippen LogP contribution in [-0.2, 0) is 9.53 Å². The zero-order chi connectivity index (χ0) is 8.97. The molecule has 0 aliphatic carbocycles. The monoisotopic (exact) mass is 185 g/mol. The van der Waals surface area contributed by atoms with E-state index in [1.165, 1.54) is 13.3 Å². The van der Waals surface area contributed by atoms with Crippen molar-refractivity contribution in [2.75, 3.05) is 7.11 Å². The zero-order valence-electron chi connectivity index (χ0n) is 6.53. The van der Waals surface area contributed by atoms with Crippen molar-refractivity contribution in [1.82, 2.24) is 4.98 Å². The highest BCUT2D eigenvalue weighted by molar-refractivity contribution is 6.29. The Hall–Kier alpha value is -1.09. The van der Waals surface area contributed by atoms with Gasteiger partial charge in [0.2, 0.25) is 0 Å². The molecule has 64 valence electrons. The first kappa shape index (κ1) is 9.00. The average molecular weight is 186 g/mol. The predicted molar refractivity (Wildman–Crippen MR) is 44.8 cm³/mol. The van der Waals surface area contributed by atoms with Crippen molar-refractivity contribution < 1.29 is 9.53 Å². The smallest absolute Gasteiger partial charge is 0.328 e. The van der Waals surface area contributed by atoms with Crippen LogP contribution in [0.1, 0.15) is 10.9 Å². The third-order valence-corrected chi connectivity index (χ3v) is 1.82. The molecule has 1 heterocycles. The van der Waals surface area contributed by atoms with Crippen LogP contribution in [0.25, 0.3) is 0 Å². The standard InChI is InChI=1S/C8H8ClNO2/c1-12-8(11)7(9)6-3-2-4-10-5-6/h2-5,7H,1H3/t7-/m0/s1. The number of carbonyl (C=O) groups excluding carboxylic acids is 1. The second-order valence-electron chi connectivity index (χ2n) is 2.17. The maximum Gasteiger partial charge on any atom is 0.328 e. The number of aromatic nitrogens is 1. The summed E-state index contributed by atoms with van der Waals surface area (Å²) in [6, 6.07) is 3.44. The number of methoxy groups -OCH3 is 1. The highest BCUT2D eigenvalue weighted by atomic mass is 35.5. The molecule has 0 amide bonds. The van der Waals surface area contributed by atoms with E-state index in [-0.39, 0.29) is 0 Å². The fourth-order valence-electron chi connectivity index (χ4n) is 0.765. The number of halogens is 1. The van der Waals surface area contributed by atoms with Crippen LogP contribution in [0.2, 0.25) is 0 Å². The normalized spacial score (nSPS) is 12.2. The molecule has 0 spiro atoms. The van der Waals surface area contributed by atoms with E-state index in [9.17, 15) is 4.79 Å². The molecule has 0 radical (unpaired) electrons. The number of rotatable bonds is 2. The van der Waals surface area contributed by atoms with Crippen LogP contribution < -0.4 is 0 Å². The van der Waals surface area contributed by atoms with E-state index in [1.807, 2.05) is 0 Å². The average Bonchev–Trinajstić information content (AvgIpc) is 2.17. The van der Waals surface area contributed by atoms with Crippen molar-refractivity contribution in [3.05, 3.63) is 30.1 Å². The summed E-state index contributed by atoms with van der Waals surface area (Å²) < 4.78 is 4.47. The molecule has 1 rings (SSSR count). The van der Waals surface area contributed by atoms with Crippen molar-refractivity contribution in [1.29, 1.82) is 0 Å². The lowest BCUT2D eigenvalue weighted by Gasteiger charge is -2.05. The number of carbonyl (C=O) groups is 1. The fourth-order valence-corrected chi connectivity index (χ4v) is 0.984. The summed E-state index contributed by atoms with van der Waals surface area (Å²) in [6.07, 6.45) is 3.15. The van der Waals surface area contributed by atoms with Crippen LogP contribution in [0.5, 0.6) is 0 Å². The minimum Gasteiger partial charge on any atom is -0.468 e. The van der Waals surface area contributed by atoms with E-state index >= 15 is 0 Å². The molecule has 0 fully saturated rings. The molecule has 0 N–H and O–H groups in total. The molecule has 1 aromatic rings. The molecular formula is C8H8ClNO2. The Labute approximate surface area is 75.3 Å². The maximum atomic E-state index is 10.9. The van der Waals surface area contributed by atoms with Crippen molar-refractivity contribution in [2.45, 2.75) is 5.38 Å². The summed E-state index contributed by atoms with van der Waals surface area (Å²) in [6.45, 7) is 0.